The number of rotatable bonds is 11. The highest BCUT2D eigenvalue weighted by atomic mass is 19.4. The number of nitrogens with one attached hydrogen (secondary N) is 1. The minimum Gasteiger partial charge on any atom is -0.494 e. The zero-order chi connectivity index (χ0) is 20.7. The molecule has 1 aromatic carbocycles. The zero-order valence-electron chi connectivity index (χ0n) is 15.2. The van der Waals surface area contributed by atoms with E-state index in [1.54, 1.807) is 0 Å². The highest BCUT2D eigenvalue weighted by Gasteiger charge is 2.38. The van der Waals surface area contributed by atoms with Gasteiger partial charge in [0.2, 0.25) is 0 Å². The number of aliphatic carboxylic acids is 2. The van der Waals surface area contributed by atoms with E-state index < -0.39 is 18.1 Å². The molecule has 0 radical (unpaired) electrons. The van der Waals surface area contributed by atoms with Gasteiger partial charge in [-0.2, -0.15) is 13.2 Å². The number of hydrogen-bond donors (Lipinski definition) is 3. The van der Waals surface area contributed by atoms with Crippen molar-refractivity contribution in [1.29, 1.82) is 0 Å². The van der Waals surface area contributed by atoms with Gasteiger partial charge in [-0.25, -0.2) is 4.79 Å². The van der Waals surface area contributed by atoms with Crippen molar-refractivity contribution in [2.75, 3.05) is 13.2 Å². The van der Waals surface area contributed by atoms with Gasteiger partial charge in [-0.3, -0.25) is 4.79 Å². The summed E-state index contributed by atoms with van der Waals surface area (Å²) in [6.07, 6.45) is -0.0960. The van der Waals surface area contributed by atoms with Gasteiger partial charge in [-0.05, 0) is 24.1 Å². The number of ether oxygens (including phenoxy) is 1. The maximum atomic E-state index is 10.6. The van der Waals surface area contributed by atoms with Gasteiger partial charge in [-0.1, -0.05) is 38.3 Å². The topological polar surface area (TPSA) is 95.9 Å². The van der Waals surface area contributed by atoms with Gasteiger partial charge in [-0.15, -0.1) is 0 Å². The molecule has 0 heterocycles. The Hall–Kier alpha value is -2.29. The van der Waals surface area contributed by atoms with Gasteiger partial charge in [0.05, 0.1) is 13.0 Å². The Bertz CT molecular complexity index is 547. The average molecular weight is 393 g/mol. The lowest BCUT2D eigenvalue weighted by Crippen LogP contribution is -2.21. The smallest absolute Gasteiger partial charge is 0.490 e. The lowest BCUT2D eigenvalue weighted by Gasteiger charge is -2.07. The number of benzene rings is 1. The van der Waals surface area contributed by atoms with E-state index in [1.165, 1.54) is 19.3 Å². The molecule has 0 aromatic heterocycles. The molecule has 0 fully saturated rings. The molecule has 0 aliphatic heterocycles. The van der Waals surface area contributed by atoms with Gasteiger partial charge in [0.1, 0.15) is 5.75 Å². The number of carboxylic acid groups (broad SMARTS) is 2. The number of hydrogen-bond acceptors (Lipinski definition) is 4. The second-order valence-corrected chi connectivity index (χ2v) is 5.68. The fourth-order valence-electron chi connectivity index (χ4n) is 1.85. The van der Waals surface area contributed by atoms with Crippen molar-refractivity contribution in [3.8, 4) is 5.75 Å². The third-order valence-electron chi connectivity index (χ3n) is 3.28. The Morgan fingerprint density at radius 3 is 2.15 bits per heavy atom. The Kier molecular flexibility index (Phi) is 12.7. The molecule has 0 saturated heterocycles. The molecule has 3 N–H and O–H groups in total. The summed E-state index contributed by atoms with van der Waals surface area (Å²) in [6, 6.07) is 7.95. The Morgan fingerprint density at radius 2 is 1.67 bits per heavy atom. The summed E-state index contributed by atoms with van der Waals surface area (Å²) in [5, 5.41) is 18.7. The van der Waals surface area contributed by atoms with Gasteiger partial charge in [0.15, 0.2) is 0 Å². The maximum Gasteiger partial charge on any atom is 0.490 e. The molecule has 9 heteroatoms. The molecule has 27 heavy (non-hydrogen) atoms. The monoisotopic (exact) mass is 393 g/mol. The predicted octanol–water partition coefficient (Wildman–Crippen LogP) is 3.84. The first-order valence-corrected chi connectivity index (χ1v) is 8.61. The van der Waals surface area contributed by atoms with Gasteiger partial charge < -0.3 is 20.3 Å². The maximum absolute atomic E-state index is 10.6. The van der Waals surface area contributed by atoms with Gasteiger partial charge in [0.25, 0.3) is 0 Å². The molecule has 0 saturated carbocycles. The summed E-state index contributed by atoms with van der Waals surface area (Å²) in [7, 11) is 0. The minimum absolute atomic E-state index is 0.152. The summed E-state index contributed by atoms with van der Waals surface area (Å²) in [4.78, 5) is 19.3. The van der Waals surface area contributed by atoms with Crippen LogP contribution in [0, 0.1) is 0 Å². The van der Waals surface area contributed by atoms with E-state index in [-0.39, 0.29) is 6.42 Å². The van der Waals surface area contributed by atoms with Crippen LogP contribution in [0.15, 0.2) is 24.3 Å². The van der Waals surface area contributed by atoms with E-state index in [0.717, 1.165) is 24.3 Å². The first-order chi connectivity index (χ1) is 12.7. The average Bonchev–Trinajstić information content (AvgIpc) is 2.59. The Morgan fingerprint density at radius 1 is 1.07 bits per heavy atom. The third-order valence-corrected chi connectivity index (χ3v) is 3.28. The minimum atomic E-state index is -5.08. The molecule has 0 spiro atoms. The number of alkyl halides is 3. The highest BCUT2D eigenvalue weighted by Crippen LogP contribution is 2.13. The molecule has 154 valence electrons. The molecule has 0 aliphatic rings. The van der Waals surface area contributed by atoms with Crippen LogP contribution in [0.3, 0.4) is 0 Å². The predicted molar refractivity (Wildman–Crippen MR) is 93.7 cm³/mol. The van der Waals surface area contributed by atoms with Crippen molar-refractivity contribution >= 4 is 11.9 Å². The largest absolute Gasteiger partial charge is 0.494 e. The summed E-state index contributed by atoms with van der Waals surface area (Å²) < 4.78 is 37.4. The third kappa shape index (κ3) is 14.6. The quantitative estimate of drug-likeness (QED) is 0.495. The van der Waals surface area contributed by atoms with Crippen molar-refractivity contribution < 1.29 is 37.7 Å². The summed E-state index contributed by atoms with van der Waals surface area (Å²) >= 11 is 0. The van der Waals surface area contributed by atoms with Crippen LogP contribution in [0.4, 0.5) is 13.2 Å². The number of unbranched alkanes of at least 4 members (excludes halogenated alkanes) is 3. The van der Waals surface area contributed by atoms with Crippen LogP contribution in [-0.4, -0.2) is 41.5 Å². The van der Waals surface area contributed by atoms with Crippen molar-refractivity contribution in [1.82, 2.24) is 5.32 Å². The molecule has 0 amide bonds. The van der Waals surface area contributed by atoms with Crippen LogP contribution in [0.5, 0.6) is 5.75 Å². The van der Waals surface area contributed by atoms with Crippen molar-refractivity contribution in [3.63, 3.8) is 0 Å². The van der Waals surface area contributed by atoms with E-state index in [4.69, 9.17) is 19.7 Å². The van der Waals surface area contributed by atoms with Crippen LogP contribution in [0.1, 0.15) is 44.6 Å². The molecule has 0 unspecified atom stereocenters. The second kappa shape index (κ2) is 13.9. The number of halogens is 3. The van der Waals surface area contributed by atoms with Crippen LogP contribution >= 0.6 is 0 Å². The molecular formula is C18H26F3NO5. The van der Waals surface area contributed by atoms with Gasteiger partial charge >= 0.3 is 18.1 Å². The zero-order valence-corrected chi connectivity index (χ0v) is 15.2. The number of carbonyl (C=O) groups is 2. The summed E-state index contributed by atoms with van der Waals surface area (Å²) in [5.74, 6) is -2.63. The fourth-order valence-corrected chi connectivity index (χ4v) is 1.85. The SMILES string of the molecule is CCCCCCOc1ccc(CNCCC(=O)O)cc1.O=C(O)C(F)(F)F. The molecule has 0 atom stereocenters. The van der Waals surface area contributed by atoms with E-state index in [2.05, 4.69) is 12.2 Å². The molecule has 6 nitrogen and oxygen atoms in total. The lowest BCUT2D eigenvalue weighted by molar-refractivity contribution is -0.192. The van der Waals surface area contributed by atoms with E-state index in [1.807, 2.05) is 24.3 Å². The number of carboxylic acids is 2. The van der Waals surface area contributed by atoms with E-state index in [0.29, 0.717) is 13.1 Å². The normalized spacial score (nSPS) is 10.7. The lowest BCUT2D eigenvalue weighted by atomic mass is 10.2. The summed E-state index contributed by atoms with van der Waals surface area (Å²) in [6.45, 7) is 4.15. The van der Waals surface area contributed by atoms with E-state index >= 15 is 0 Å². The molecule has 1 aromatic rings. The van der Waals surface area contributed by atoms with Crippen LogP contribution in [0.2, 0.25) is 0 Å². The Labute approximate surface area is 156 Å². The van der Waals surface area contributed by atoms with E-state index in [9.17, 15) is 18.0 Å². The standard InChI is InChI=1S/C16H25NO3.C2HF3O2/c1-2-3-4-5-12-20-15-8-6-14(7-9-15)13-17-11-10-16(18)19;3-2(4,5)1(6)7/h6-9,17H,2-5,10-13H2,1H3,(H,18,19);(H,6,7). The van der Waals surface area contributed by atoms with Crippen LogP contribution < -0.4 is 10.1 Å². The highest BCUT2D eigenvalue weighted by molar-refractivity contribution is 5.73. The van der Waals surface area contributed by atoms with Crippen molar-refractivity contribution in [2.45, 2.75) is 51.7 Å². The molecular weight excluding hydrogens is 367 g/mol. The first-order valence-electron chi connectivity index (χ1n) is 8.61. The van der Waals surface area contributed by atoms with Crippen LogP contribution in [-0.2, 0) is 16.1 Å². The van der Waals surface area contributed by atoms with Gasteiger partial charge in [0, 0.05) is 13.1 Å². The first kappa shape index (κ1) is 24.7. The van der Waals surface area contributed by atoms with Crippen molar-refractivity contribution in [2.24, 2.45) is 0 Å². The molecule has 0 aliphatic carbocycles. The second-order valence-electron chi connectivity index (χ2n) is 5.68. The molecule has 0 bridgehead atoms. The Balaban J connectivity index is 0.000000821. The van der Waals surface area contributed by atoms with Crippen LogP contribution in [0.25, 0.3) is 0 Å². The fraction of sp³-hybridized carbons (Fsp3) is 0.556. The summed E-state index contributed by atoms with van der Waals surface area (Å²) in [5.41, 5.74) is 1.13. The van der Waals surface area contributed by atoms with Crippen molar-refractivity contribution in [3.05, 3.63) is 29.8 Å². The molecule has 1 rings (SSSR count).